The van der Waals surface area contributed by atoms with Crippen LogP contribution < -0.4 is 22.3 Å². The number of anilines is 2. The van der Waals surface area contributed by atoms with Gasteiger partial charge in [-0.15, -0.1) is 0 Å². The van der Waals surface area contributed by atoms with E-state index < -0.39 is 23.1 Å². The van der Waals surface area contributed by atoms with E-state index in [0.29, 0.717) is 0 Å². The Kier molecular flexibility index (Phi) is 4.92. The second-order valence-electron chi connectivity index (χ2n) is 5.75. The molecule has 0 spiro atoms. The van der Waals surface area contributed by atoms with Crippen molar-refractivity contribution in [1.29, 1.82) is 0 Å². The number of nitrogen functional groups attached to an aromatic ring is 1. The second-order valence-corrected chi connectivity index (χ2v) is 5.75. The summed E-state index contributed by atoms with van der Waals surface area (Å²) in [6, 6.07) is 7.04. The predicted molar refractivity (Wildman–Crippen MR) is 94.6 cm³/mol. The molecule has 128 valence electrons. The Morgan fingerprint density at radius 3 is 2.54 bits per heavy atom. The molecule has 1 heterocycles. The summed E-state index contributed by atoms with van der Waals surface area (Å²) in [5.74, 6) is -0.574. The first-order chi connectivity index (χ1) is 11.3. The standard InChI is InChI=1S/C17H22N4O3/c1-5-11-7-6-8-12(9-11)19-10(2)14(22)13-15(18)20(3)17(24)21(4)16(13)23/h6-10,19H,5,18H2,1-4H3/t10-/m1/s1. The highest BCUT2D eigenvalue weighted by molar-refractivity contribution is 6.04. The maximum Gasteiger partial charge on any atom is 0.332 e. The lowest BCUT2D eigenvalue weighted by atomic mass is 10.1. The smallest absolute Gasteiger partial charge is 0.332 e. The van der Waals surface area contributed by atoms with Gasteiger partial charge < -0.3 is 11.1 Å². The van der Waals surface area contributed by atoms with Gasteiger partial charge in [-0.3, -0.25) is 18.7 Å². The van der Waals surface area contributed by atoms with Crippen molar-refractivity contribution in [3.8, 4) is 0 Å². The summed E-state index contributed by atoms with van der Waals surface area (Å²) in [6.07, 6.45) is 0.881. The van der Waals surface area contributed by atoms with Gasteiger partial charge >= 0.3 is 5.69 Å². The monoisotopic (exact) mass is 330 g/mol. The third-order valence-electron chi connectivity index (χ3n) is 4.07. The first kappa shape index (κ1) is 17.5. The molecule has 0 unspecified atom stereocenters. The molecule has 0 aliphatic rings. The number of aryl methyl sites for hydroxylation is 1. The van der Waals surface area contributed by atoms with Crippen molar-refractivity contribution in [2.45, 2.75) is 26.3 Å². The number of Topliss-reactive ketones (excluding diaryl/α,β-unsaturated/α-hetero) is 1. The van der Waals surface area contributed by atoms with Gasteiger partial charge in [0.15, 0.2) is 5.78 Å². The lowest BCUT2D eigenvalue weighted by Crippen LogP contribution is -2.43. The maximum absolute atomic E-state index is 12.7. The highest BCUT2D eigenvalue weighted by atomic mass is 16.2. The highest BCUT2D eigenvalue weighted by Crippen LogP contribution is 2.14. The zero-order valence-electron chi connectivity index (χ0n) is 14.3. The van der Waals surface area contributed by atoms with Crippen LogP contribution in [0.5, 0.6) is 0 Å². The van der Waals surface area contributed by atoms with Crippen LogP contribution in [0.2, 0.25) is 0 Å². The Labute approximate surface area is 139 Å². The molecule has 0 fully saturated rings. The molecule has 7 nitrogen and oxygen atoms in total. The molecule has 0 amide bonds. The van der Waals surface area contributed by atoms with Crippen LogP contribution in [0.4, 0.5) is 11.5 Å². The minimum Gasteiger partial charge on any atom is -0.384 e. The van der Waals surface area contributed by atoms with Crippen LogP contribution in [0.3, 0.4) is 0 Å². The van der Waals surface area contributed by atoms with E-state index in [9.17, 15) is 14.4 Å². The summed E-state index contributed by atoms with van der Waals surface area (Å²) in [4.78, 5) is 36.8. The quantitative estimate of drug-likeness (QED) is 0.794. The summed E-state index contributed by atoms with van der Waals surface area (Å²) < 4.78 is 1.98. The molecule has 0 saturated carbocycles. The molecule has 1 aromatic carbocycles. The molecule has 0 radical (unpaired) electrons. The van der Waals surface area contributed by atoms with Crippen LogP contribution in [0, 0.1) is 0 Å². The third kappa shape index (κ3) is 3.10. The zero-order valence-corrected chi connectivity index (χ0v) is 14.3. The van der Waals surface area contributed by atoms with Gasteiger partial charge in [0.25, 0.3) is 5.56 Å². The third-order valence-corrected chi connectivity index (χ3v) is 4.07. The fourth-order valence-corrected chi connectivity index (χ4v) is 2.50. The van der Waals surface area contributed by atoms with E-state index in [1.807, 2.05) is 31.2 Å². The van der Waals surface area contributed by atoms with Crippen LogP contribution in [0.15, 0.2) is 33.9 Å². The number of hydrogen-bond acceptors (Lipinski definition) is 5. The topological polar surface area (TPSA) is 99.1 Å². The van der Waals surface area contributed by atoms with Crippen LogP contribution in [-0.4, -0.2) is 21.0 Å². The summed E-state index contributed by atoms with van der Waals surface area (Å²) >= 11 is 0. The number of carbonyl (C=O) groups is 1. The van der Waals surface area contributed by atoms with E-state index in [4.69, 9.17) is 5.73 Å². The zero-order chi connectivity index (χ0) is 18.0. The number of hydrogen-bond donors (Lipinski definition) is 2. The Hall–Kier alpha value is -2.83. The largest absolute Gasteiger partial charge is 0.384 e. The Morgan fingerprint density at radius 1 is 1.25 bits per heavy atom. The first-order valence-corrected chi connectivity index (χ1v) is 7.73. The van der Waals surface area contributed by atoms with Crippen LogP contribution >= 0.6 is 0 Å². The lowest BCUT2D eigenvalue weighted by Gasteiger charge is -2.17. The Balaban J connectivity index is 2.38. The van der Waals surface area contributed by atoms with Gasteiger partial charge in [0.2, 0.25) is 0 Å². The van der Waals surface area contributed by atoms with E-state index in [-0.39, 0.29) is 11.4 Å². The second kappa shape index (κ2) is 6.74. The molecule has 0 saturated heterocycles. The Bertz CT molecular complexity index is 896. The fourth-order valence-electron chi connectivity index (χ4n) is 2.50. The first-order valence-electron chi connectivity index (χ1n) is 7.73. The number of benzene rings is 1. The molecule has 2 rings (SSSR count). The molecule has 0 bridgehead atoms. The Morgan fingerprint density at radius 2 is 1.92 bits per heavy atom. The van der Waals surface area contributed by atoms with E-state index in [1.54, 1.807) is 6.92 Å². The molecule has 0 aliphatic heterocycles. The molecule has 24 heavy (non-hydrogen) atoms. The number of ketones is 1. The summed E-state index contributed by atoms with van der Waals surface area (Å²) in [7, 11) is 2.75. The van der Waals surface area contributed by atoms with Crippen LogP contribution in [0.25, 0.3) is 0 Å². The molecule has 2 aromatic rings. The van der Waals surface area contributed by atoms with Gasteiger partial charge in [-0.1, -0.05) is 19.1 Å². The van der Waals surface area contributed by atoms with E-state index >= 15 is 0 Å². The summed E-state index contributed by atoms with van der Waals surface area (Å²) in [6.45, 7) is 3.70. The van der Waals surface area contributed by atoms with E-state index in [0.717, 1.165) is 26.8 Å². The minimum absolute atomic E-state index is 0.121. The van der Waals surface area contributed by atoms with Gasteiger partial charge in [-0.2, -0.15) is 0 Å². The van der Waals surface area contributed by atoms with Crippen LogP contribution in [-0.2, 0) is 20.5 Å². The average Bonchev–Trinajstić information content (AvgIpc) is 2.58. The van der Waals surface area contributed by atoms with Crippen molar-refractivity contribution in [2.24, 2.45) is 14.1 Å². The fraction of sp³-hybridized carbons (Fsp3) is 0.353. The lowest BCUT2D eigenvalue weighted by molar-refractivity contribution is 0.0973. The molecular weight excluding hydrogens is 308 g/mol. The number of aromatic nitrogens is 2. The molecule has 1 aromatic heterocycles. The van der Waals surface area contributed by atoms with Gasteiger partial charge in [-0.05, 0) is 31.0 Å². The van der Waals surface area contributed by atoms with E-state index in [1.165, 1.54) is 14.1 Å². The minimum atomic E-state index is -0.684. The normalized spacial score (nSPS) is 12.0. The molecule has 1 atom stereocenters. The number of rotatable bonds is 5. The van der Waals surface area contributed by atoms with E-state index in [2.05, 4.69) is 5.32 Å². The predicted octanol–water partition coefficient (Wildman–Crippen LogP) is 0.912. The molecule has 7 heteroatoms. The van der Waals surface area contributed by atoms with Gasteiger partial charge in [0.05, 0.1) is 6.04 Å². The van der Waals surface area contributed by atoms with Crippen molar-refractivity contribution < 1.29 is 4.79 Å². The van der Waals surface area contributed by atoms with Crippen molar-refractivity contribution in [2.75, 3.05) is 11.1 Å². The summed E-state index contributed by atoms with van der Waals surface area (Å²) in [5.41, 5.74) is 6.33. The number of carbonyl (C=O) groups excluding carboxylic acids is 1. The van der Waals surface area contributed by atoms with Gasteiger partial charge in [-0.25, -0.2) is 4.79 Å². The SMILES string of the molecule is CCc1cccc(N[C@H](C)C(=O)c2c(N)n(C)c(=O)n(C)c2=O)c1. The van der Waals surface area contributed by atoms with Crippen LogP contribution in [0.1, 0.15) is 29.8 Å². The van der Waals surface area contributed by atoms with Gasteiger partial charge in [0, 0.05) is 19.8 Å². The van der Waals surface area contributed by atoms with Crippen molar-refractivity contribution >= 4 is 17.3 Å². The summed E-state index contributed by atoms with van der Waals surface area (Å²) in [5, 5.41) is 3.08. The number of nitrogens with two attached hydrogens (primary N) is 1. The van der Waals surface area contributed by atoms with Crippen molar-refractivity contribution in [1.82, 2.24) is 9.13 Å². The molecule has 3 N–H and O–H groups in total. The van der Waals surface area contributed by atoms with Gasteiger partial charge in [0.1, 0.15) is 11.4 Å². The van der Waals surface area contributed by atoms with Crippen molar-refractivity contribution in [3.05, 3.63) is 56.2 Å². The molecular formula is C17H22N4O3. The average molecular weight is 330 g/mol. The highest BCUT2D eigenvalue weighted by Gasteiger charge is 2.24. The number of nitrogens with one attached hydrogen (secondary N) is 1. The maximum atomic E-state index is 12.7. The molecule has 0 aliphatic carbocycles. The van der Waals surface area contributed by atoms with Crippen molar-refractivity contribution in [3.63, 3.8) is 0 Å². The number of nitrogens with zero attached hydrogens (tertiary/aromatic N) is 2.